The molecule has 2 aromatic carbocycles. The van der Waals surface area contributed by atoms with Crippen LogP contribution in [-0.4, -0.2) is 26.0 Å². The summed E-state index contributed by atoms with van der Waals surface area (Å²) in [5.41, 5.74) is 1.37. The van der Waals surface area contributed by atoms with Gasteiger partial charge in [-0.25, -0.2) is 4.90 Å². The standard InChI is InChI=1S/C18H15ClN2O3/c1-20(12-6-4-3-5-7-12)16-15(19)17(22)21(18(16)23)13-8-10-14(24-2)11-9-13/h3-11H,1-2H3. The number of hydrogen-bond donors (Lipinski definition) is 0. The average Bonchev–Trinajstić information content (AvgIpc) is 2.84. The topological polar surface area (TPSA) is 49.9 Å². The van der Waals surface area contributed by atoms with Gasteiger partial charge in [-0.1, -0.05) is 29.8 Å². The molecule has 0 radical (unpaired) electrons. The van der Waals surface area contributed by atoms with Crippen molar-refractivity contribution in [1.82, 2.24) is 0 Å². The molecule has 0 aliphatic carbocycles. The van der Waals surface area contributed by atoms with E-state index in [1.54, 1.807) is 43.3 Å². The molecule has 0 atom stereocenters. The summed E-state index contributed by atoms with van der Waals surface area (Å²) < 4.78 is 5.09. The Balaban J connectivity index is 1.95. The maximum atomic E-state index is 12.8. The van der Waals surface area contributed by atoms with Crippen LogP contribution in [0.3, 0.4) is 0 Å². The van der Waals surface area contributed by atoms with Gasteiger partial charge in [0, 0.05) is 12.7 Å². The number of benzene rings is 2. The minimum absolute atomic E-state index is 0.0952. The van der Waals surface area contributed by atoms with E-state index in [1.807, 2.05) is 30.3 Å². The first-order chi connectivity index (χ1) is 11.5. The third-order valence-electron chi connectivity index (χ3n) is 3.81. The van der Waals surface area contributed by atoms with Crippen LogP contribution in [-0.2, 0) is 9.59 Å². The first-order valence-corrected chi connectivity index (χ1v) is 7.63. The van der Waals surface area contributed by atoms with E-state index in [0.29, 0.717) is 11.4 Å². The average molecular weight is 343 g/mol. The second-order valence-corrected chi connectivity index (χ2v) is 5.58. The highest BCUT2D eigenvalue weighted by atomic mass is 35.5. The van der Waals surface area contributed by atoms with E-state index in [2.05, 4.69) is 0 Å². The molecule has 0 saturated heterocycles. The van der Waals surface area contributed by atoms with E-state index in [9.17, 15) is 9.59 Å². The minimum atomic E-state index is -0.537. The van der Waals surface area contributed by atoms with E-state index >= 15 is 0 Å². The van der Waals surface area contributed by atoms with Gasteiger partial charge in [0.05, 0.1) is 12.8 Å². The molecule has 24 heavy (non-hydrogen) atoms. The molecule has 1 aliphatic heterocycles. The van der Waals surface area contributed by atoms with Gasteiger partial charge in [-0.15, -0.1) is 0 Å². The van der Waals surface area contributed by atoms with Gasteiger partial charge < -0.3 is 9.64 Å². The van der Waals surface area contributed by atoms with Crippen LogP contribution >= 0.6 is 11.6 Å². The summed E-state index contributed by atoms with van der Waals surface area (Å²) in [6, 6.07) is 15.9. The Labute approximate surface area is 144 Å². The van der Waals surface area contributed by atoms with Crippen LogP contribution in [0.25, 0.3) is 0 Å². The number of rotatable bonds is 4. The number of amides is 2. The smallest absolute Gasteiger partial charge is 0.283 e. The fourth-order valence-corrected chi connectivity index (χ4v) is 2.82. The van der Waals surface area contributed by atoms with Crippen LogP contribution < -0.4 is 14.5 Å². The molecule has 0 fully saturated rings. The predicted octanol–water partition coefficient (Wildman–Crippen LogP) is 3.16. The molecule has 122 valence electrons. The van der Waals surface area contributed by atoms with E-state index in [-0.39, 0.29) is 10.7 Å². The van der Waals surface area contributed by atoms with Gasteiger partial charge in [0.25, 0.3) is 11.8 Å². The summed E-state index contributed by atoms with van der Waals surface area (Å²) in [7, 11) is 3.25. The summed E-state index contributed by atoms with van der Waals surface area (Å²) in [5, 5.41) is -0.0952. The molecule has 0 spiro atoms. The van der Waals surface area contributed by atoms with Crippen molar-refractivity contribution in [1.29, 1.82) is 0 Å². The number of para-hydroxylation sites is 1. The lowest BCUT2D eigenvalue weighted by Crippen LogP contribution is -2.34. The summed E-state index contributed by atoms with van der Waals surface area (Å²) in [5.74, 6) is -0.357. The molecule has 6 heteroatoms. The fourth-order valence-electron chi connectivity index (χ4n) is 2.53. The molecule has 0 N–H and O–H groups in total. The van der Waals surface area contributed by atoms with Crippen molar-refractivity contribution in [2.45, 2.75) is 0 Å². The Morgan fingerprint density at radius 2 is 1.58 bits per heavy atom. The zero-order valence-electron chi connectivity index (χ0n) is 13.2. The maximum absolute atomic E-state index is 12.8. The van der Waals surface area contributed by atoms with Crippen molar-refractivity contribution >= 4 is 34.8 Å². The normalized spacial score (nSPS) is 14.4. The molecular weight excluding hydrogens is 328 g/mol. The zero-order valence-corrected chi connectivity index (χ0v) is 13.9. The highest BCUT2D eigenvalue weighted by Crippen LogP contribution is 2.33. The van der Waals surface area contributed by atoms with Crippen molar-refractivity contribution in [3.8, 4) is 5.75 Å². The molecule has 5 nitrogen and oxygen atoms in total. The molecule has 1 heterocycles. The predicted molar refractivity (Wildman–Crippen MR) is 93.2 cm³/mol. The number of methoxy groups -OCH3 is 1. The van der Waals surface area contributed by atoms with Crippen molar-refractivity contribution in [2.24, 2.45) is 0 Å². The molecule has 0 saturated carbocycles. The van der Waals surface area contributed by atoms with Gasteiger partial charge in [0.1, 0.15) is 16.5 Å². The highest BCUT2D eigenvalue weighted by molar-refractivity contribution is 6.53. The first-order valence-electron chi connectivity index (χ1n) is 7.26. The Morgan fingerprint density at radius 1 is 0.958 bits per heavy atom. The minimum Gasteiger partial charge on any atom is -0.497 e. The number of anilines is 2. The summed E-state index contributed by atoms with van der Waals surface area (Å²) in [4.78, 5) is 27.9. The Hall–Kier alpha value is -2.79. The number of carbonyl (C=O) groups is 2. The number of likely N-dealkylation sites (N-methyl/N-ethyl adjacent to an activating group) is 1. The number of carbonyl (C=O) groups excluding carboxylic acids is 2. The van der Waals surface area contributed by atoms with Crippen LogP contribution in [0.1, 0.15) is 0 Å². The molecule has 0 aromatic heterocycles. The van der Waals surface area contributed by atoms with Crippen LogP contribution in [0.5, 0.6) is 5.75 Å². The quantitative estimate of drug-likeness (QED) is 0.801. The highest BCUT2D eigenvalue weighted by Gasteiger charge is 2.40. The fraction of sp³-hybridized carbons (Fsp3) is 0.111. The van der Waals surface area contributed by atoms with Crippen molar-refractivity contribution in [3.05, 3.63) is 65.3 Å². The molecule has 0 bridgehead atoms. The largest absolute Gasteiger partial charge is 0.497 e. The second-order valence-electron chi connectivity index (χ2n) is 5.20. The van der Waals surface area contributed by atoms with Crippen molar-refractivity contribution in [2.75, 3.05) is 24.0 Å². The van der Waals surface area contributed by atoms with Gasteiger partial charge in [-0.3, -0.25) is 9.59 Å². The molecule has 2 amide bonds. The number of imide groups is 1. The molecular formula is C18H15ClN2O3. The number of hydrogen-bond acceptors (Lipinski definition) is 4. The van der Waals surface area contributed by atoms with Gasteiger partial charge >= 0.3 is 0 Å². The Morgan fingerprint density at radius 3 is 2.17 bits per heavy atom. The van der Waals surface area contributed by atoms with Gasteiger partial charge in [-0.2, -0.15) is 0 Å². The Bertz CT molecular complexity index is 816. The SMILES string of the molecule is COc1ccc(N2C(=O)C(Cl)=C(N(C)c3ccccc3)C2=O)cc1. The number of halogens is 1. The van der Waals surface area contributed by atoms with Gasteiger partial charge in [-0.05, 0) is 36.4 Å². The maximum Gasteiger partial charge on any atom is 0.283 e. The van der Waals surface area contributed by atoms with Crippen molar-refractivity contribution < 1.29 is 14.3 Å². The summed E-state index contributed by atoms with van der Waals surface area (Å²) in [6.07, 6.45) is 0. The lowest BCUT2D eigenvalue weighted by Gasteiger charge is -2.21. The van der Waals surface area contributed by atoms with Crippen molar-refractivity contribution in [3.63, 3.8) is 0 Å². The summed E-state index contributed by atoms with van der Waals surface area (Å²) in [6.45, 7) is 0. The second kappa shape index (κ2) is 6.37. The lowest BCUT2D eigenvalue weighted by molar-refractivity contribution is -0.120. The third-order valence-corrected chi connectivity index (χ3v) is 4.15. The number of ether oxygens (including phenoxy) is 1. The molecule has 0 unspecified atom stereocenters. The van der Waals surface area contributed by atoms with Crippen LogP contribution in [0.15, 0.2) is 65.3 Å². The van der Waals surface area contributed by atoms with E-state index < -0.39 is 11.8 Å². The van der Waals surface area contributed by atoms with Gasteiger partial charge in [0.2, 0.25) is 0 Å². The number of nitrogens with zero attached hydrogens (tertiary/aromatic N) is 2. The van der Waals surface area contributed by atoms with E-state index in [1.165, 1.54) is 0 Å². The van der Waals surface area contributed by atoms with Gasteiger partial charge in [0.15, 0.2) is 0 Å². The first kappa shape index (κ1) is 16.1. The monoisotopic (exact) mass is 342 g/mol. The third kappa shape index (κ3) is 2.63. The van der Waals surface area contributed by atoms with Crippen LogP contribution in [0.2, 0.25) is 0 Å². The molecule has 2 aromatic rings. The van der Waals surface area contributed by atoms with Crippen LogP contribution in [0.4, 0.5) is 11.4 Å². The molecule has 1 aliphatic rings. The summed E-state index contributed by atoms with van der Waals surface area (Å²) >= 11 is 6.17. The lowest BCUT2D eigenvalue weighted by atomic mass is 10.2. The molecule has 3 rings (SSSR count). The van der Waals surface area contributed by atoms with E-state index in [0.717, 1.165) is 10.6 Å². The van der Waals surface area contributed by atoms with E-state index in [4.69, 9.17) is 16.3 Å². The van der Waals surface area contributed by atoms with Crippen LogP contribution in [0, 0.1) is 0 Å². The Kier molecular flexibility index (Phi) is 4.27. The zero-order chi connectivity index (χ0) is 17.3.